The van der Waals surface area contributed by atoms with Gasteiger partial charge in [-0.15, -0.1) is 0 Å². The largest absolute Gasteiger partial charge is 0.495 e. The Morgan fingerprint density at radius 1 is 1.29 bits per heavy atom. The van der Waals surface area contributed by atoms with Crippen molar-refractivity contribution >= 4 is 21.9 Å². The van der Waals surface area contributed by atoms with Crippen LogP contribution in [0.5, 0.6) is 5.75 Å². The number of carbonyl (C=O) groups is 1. The molecule has 6 heteroatoms. The second-order valence-electron chi connectivity index (χ2n) is 4.58. The molecule has 0 fully saturated rings. The van der Waals surface area contributed by atoms with Crippen molar-refractivity contribution in [2.45, 2.75) is 13.8 Å². The van der Waals surface area contributed by atoms with E-state index in [-0.39, 0.29) is 11.1 Å². The lowest BCUT2D eigenvalue weighted by Gasteiger charge is -2.16. The van der Waals surface area contributed by atoms with Gasteiger partial charge in [0, 0.05) is 16.2 Å². The van der Waals surface area contributed by atoms with Gasteiger partial charge >= 0.3 is 5.97 Å². The van der Waals surface area contributed by atoms with E-state index in [0.29, 0.717) is 22.7 Å². The highest BCUT2D eigenvalue weighted by molar-refractivity contribution is 9.10. The normalized spacial score (nSPS) is 10.5. The highest BCUT2D eigenvalue weighted by Gasteiger charge is 2.18. The number of methoxy groups -OCH3 is 1. The molecular weight excluding hydrogens is 338 g/mol. The predicted molar refractivity (Wildman–Crippen MR) is 82.7 cm³/mol. The fourth-order valence-electron chi connectivity index (χ4n) is 2.35. The van der Waals surface area contributed by atoms with E-state index in [1.807, 2.05) is 0 Å². The monoisotopic (exact) mass is 351 g/mol. The highest BCUT2D eigenvalue weighted by atomic mass is 79.9. The summed E-state index contributed by atoms with van der Waals surface area (Å²) in [4.78, 5) is 23.7. The summed E-state index contributed by atoms with van der Waals surface area (Å²) in [5.74, 6) is -0.573. The lowest BCUT2D eigenvalue weighted by atomic mass is 10.1. The second kappa shape index (κ2) is 5.73. The predicted octanol–water partition coefficient (Wildman–Crippen LogP) is 2.92. The molecule has 0 aliphatic heterocycles. The van der Waals surface area contributed by atoms with E-state index >= 15 is 0 Å². The van der Waals surface area contributed by atoms with Crippen LogP contribution in [0.3, 0.4) is 0 Å². The number of nitrogens with zero attached hydrogens (tertiary/aromatic N) is 1. The van der Waals surface area contributed by atoms with E-state index in [4.69, 9.17) is 4.74 Å². The highest BCUT2D eigenvalue weighted by Crippen LogP contribution is 2.27. The van der Waals surface area contributed by atoms with Crippen LogP contribution < -0.4 is 10.3 Å². The van der Waals surface area contributed by atoms with Gasteiger partial charge < -0.3 is 9.84 Å². The summed E-state index contributed by atoms with van der Waals surface area (Å²) in [5.41, 5.74) is 1.12. The lowest BCUT2D eigenvalue weighted by molar-refractivity contribution is 0.0694. The molecule has 0 aliphatic carbocycles. The zero-order valence-electron chi connectivity index (χ0n) is 11.8. The van der Waals surface area contributed by atoms with Crippen LogP contribution in [0, 0.1) is 13.8 Å². The molecule has 0 saturated heterocycles. The van der Waals surface area contributed by atoms with Crippen molar-refractivity contribution in [1.29, 1.82) is 0 Å². The smallest absolute Gasteiger partial charge is 0.337 e. The van der Waals surface area contributed by atoms with Crippen molar-refractivity contribution in [1.82, 2.24) is 4.57 Å². The molecule has 0 saturated carbocycles. The van der Waals surface area contributed by atoms with Gasteiger partial charge in [-0.1, -0.05) is 15.9 Å². The van der Waals surface area contributed by atoms with Crippen LogP contribution in [0.15, 0.2) is 33.5 Å². The Labute approximate surface area is 129 Å². The minimum atomic E-state index is -1.06. The first-order valence-electron chi connectivity index (χ1n) is 6.17. The Morgan fingerprint density at radius 3 is 2.52 bits per heavy atom. The van der Waals surface area contributed by atoms with Gasteiger partial charge in [0.2, 0.25) is 0 Å². The number of hydrogen-bond donors (Lipinski definition) is 1. The molecule has 0 radical (unpaired) electrons. The fourth-order valence-corrected chi connectivity index (χ4v) is 2.69. The van der Waals surface area contributed by atoms with E-state index in [2.05, 4.69) is 15.9 Å². The molecular formula is C15H14BrNO4. The average Bonchev–Trinajstić information content (AvgIpc) is 2.37. The molecule has 0 amide bonds. The van der Waals surface area contributed by atoms with Gasteiger partial charge in [-0.3, -0.25) is 9.36 Å². The molecule has 21 heavy (non-hydrogen) atoms. The standard InChI is InChI=1S/C15H14BrNO4/c1-8-6-13(18)17(9(2)14(8)15(19)20)11-7-10(16)4-5-12(11)21-3/h4-7H,1-3H3,(H,19,20). The van der Waals surface area contributed by atoms with Crippen molar-refractivity contribution in [3.05, 3.63) is 55.9 Å². The number of carboxylic acid groups (broad SMARTS) is 1. The number of hydrogen-bond acceptors (Lipinski definition) is 3. The second-order valence-corrected chi connectivity index (χ2v) is 5.50. The van der Waals surface area contributed by atoms with Crippen LogP contribution in [-0.4, -0.2) is 22.8 Å². The summed E-state index contributed by atoms with van der Waals surface area (Å²) in [5, 5.41) is 9.33. The van der Waals surface area contributed by atoms with Gasteiger partial charge in [0.25, 0.3) is 5.56 Å². The van der Waals surface area contributed by atoms with Crippen molar-refractivity contribution in [3.8, 4) is 11.4 Å². The van der Waals surface area contributed by atoms with E-state index < -0.39 is 5.97 Å². The molecule has 1 N–H and O–H groups in total. The number of aryl methyl sites for hydroxylation is 1. The number of carboxylic acids is 1. The van der Waals surface area contributed by atoms with Gasteiger partial charge in [-0.25, -0.2) is 4.79 Å². The molecule has 5 nitrogen and oxygen atoms in total. The number of halogens is 1. The first-order valence-corrected chi connectivity index (χ1v) is 6.96. The van der Waals surface area contributed by atoms with Crippen LogP contribution in [-0.2, 0) is 0 Å². The van der Waals surface area contributed by atoms with Crippen LogP contribution >= 0.6 is 15.9 Å². The van der Waals surface area contributed by atoms with Crippen LogP contribution in [0.25, 0.3) is 5.69 Å². The summed E-state index contributed by atoms with van der Waals surface area (Å²) < 4.78 is 7.38. The average molecular weight is 352 g/mol. The first kappa shape index (κ1) is 15.3. The van der Waals surface area contributed by atoms with Crippen LogP contribution in [0.1, 0.15) is 21.6 Å². The summed E-state index contributed by atoms with van der Waals surface area (Å²) >= 11 is 3.35. The maximum absolute atomic E-state index is 12.3. The van der Waals surface area contributed by atoms with E-state index in [1.165, 1.54) is 17.7 Å². The SMILES string of the molecule is COc1ccc(Br)cc1-n1c(C)c(C(=O)O)c(C)cc1=O. The first-order chi connectivity index (χ1) is 9.86. The molecule has 0 bridgehead atoms. The Morgan fingerprint density at radius 2 is 1.95 bits per heavy atom. The molecule has 1 aromatic heterocycles. The molecule has 0 atom stereocenters. The minimum absolute atomic E-state index is 0.122. The van der Waals surface area contributed by atoms with Gasteiger partial charge in [-0.05, 0) is 37.6 Å². The van der Waals surface area contributed by atoms with E-state index in [0.717, 1.165) is 4.47 Å². The zero-order chi connectivity index (χ0) is 15.7. The van der Waals surface area contributed by atoms with Crippen molar-refractivity contribution < 1.29 is 14.6 Å². The number of benzene rings is 1. The van der Waals surface area contributed by atoms with E-state index in [1.54, 1.807) is 32.0 Å². The van der Waals surface area contributed by atoms with Crippen molar-refractivity contribution in [2.24, 2.45) is 0 Å². The summed E-state index contributed by atoms with van der Waals surface area (Å²) in [6, 6.07) is 6.53. The number of aromatic nitrogens is 1. The van der Waals surface area contributed by atoms with Gasteiger partial charge in [0.15, 0.2) is 0 Å². The Kier molecular flexibility index (Phi) is 4.18. The Balaban J connectivity index is 2.88. The lowest BCUT2D eigenvalue weighted by Crippen LogP contribution is -2.24. The minimum Gasteiger partial charge on any atom is -0.495 e. The third-order valence-electron chi connectivity index (χ3n) is 3.25. The topological polar surface area (TPSA) is 68.5 Å². The number of rotatable bonds is 3. The number of pyridine rings is 1. The fraction of sp³-hybridized carbons (Fsp3) is 0.200. The van der Waals surface area contributed by atoms with Crippen LogP contribution in [0.4, 0.5) is 0 Å². The maximum Gasteiger partial charge on any atom is 0.337 e. The molecule has 0 unspecified atom stereocenters. The number of ether oxygens (including phenoxy) is 1. The van der Waals surface area contributed by atoms with Crippen molar-refractivity contribution in [2.75, 3.05) is 7.11 Å². The molecule has 110 valence electrons. The van der Waals surface area contributed by atoms with E-state index in [9.17, 15) is 14.7 Å². The summed E-state index contributed by atoms with van der Waals surface area (Å²) in [6.07, 6.45) is 0. The van der Waals surface area contributed by atoms with Gasteiger partial charge in [0.05, 0.1) is 18.4 Å². The number of aromatic carboxylic acids is 1. The molecule has 0 aliphatic rings. The third-order valence-corrected chi connectivity index (χ3v) is 3.74. The molecule has 1 heterocycles. The maximum atomic E-state index is 12.3. The van der Waals surface area contributed by atoms with Gasteiger partial charge in [-0.2, -0.15) is 0 Å². The molecule has 0 spiro atoms. The van der Waals surface area contributed by atoms with Crippen LogP contribution in [0.2, 0.25) is 0 Å². The molecule has 2 rings (SSSR count). The molecule has 1 aromatic carbocycles. The Bertz CT molecular complexity index is 780. The quantitative estimate of drug-likeness (QED) is 0.922. The van der Waals surface area contributed by atoms with Gasteiger partial charge in [0.1, 0.15) is 5.75 Å². The third kappa shape index (κ3) is 2.71. The summed E-state index contributed by atoms with van der Waals surface area (Å²) in [6.45, 7) is 3.22. The zero-order valence-corrected chi connectivity index (χ0v) is 13.4. The molecule has 2 aromatic rings. The Hall–Kier alpha value is -2.08. The summed E-state index contributed by atoms with van der Waals surface area (Å²) in [7, 11) is 1.50. The van der Waals surface area contributed by atoms with Crippen molar-refractivity contribution in [3.63, 3.8) is 0 Å².